The van der Waals surface area contributed by atoms with E-state index in [9.17, 15) is 9.59 Å². The first-order valence-corrected chi connectivity index (χ1v) is 6.40. The molecule has 0 aliphatic rings. The van der Waals surface area contributed by atoms with Gasteiger partial charge < -0.3 is 14.0 Å². The van der Waals surface area contributed by atoms with Gasteiger partial charge in [-0.3, -0.25) is 9.59 Å². The van der Waals surface area contributed by atoms with Gasteiger partial charge in [0, 0.05) is 17.6 Å². The largest absolute Gasteiger partial charge is 0.495 e. The van der Waals surface area contributed by atoms with Crippen LogP contribution in [0.4, 0.5) is 0 Å². The molecule has 0 fully saturated rings. The molecule has 20 heavy (non-hydrogen) atoms. The van der Waals surface area contributed by atoms with Gasteiger partial charge in [0.15, 0.2) is 5.43 Å². The van der Waals surface area contributed by atoms with Gasteiger partial charge in [-0.1, -0.05) is 0 Å². The second-order valence-electron chi connectivity index (χ2n) is 4.48. The Kier molecular flexibility index (Phi) is 4.08. The maximum Gasteiger partial charge on any atom is 0.325 e. The SMILES string of the molecule is CCOC(=O)Cn1ccc(=O)c2cc(C)cc(OC)c21. The summed E-state index contributed by atoms with van der Waals surface area (Å²) >= 11 is 0. The van der Waals surface area contributed by atoms with Gasteiger partial charge in [0.2, 0.25) is 0 Å². The zero-order valence-corrected chi connectivity index (χ0v) is 11.8. The molecule has 1 aromatic carbocycles. The number of nitrogens with zero attached hydrogens (tertiary/aromatic N) is 1. The molecule has 0 bridgehead atoms. The summed E-state index contributed by atoms with van der Waals surface area (Å²) in [7, 11) is 1.54. The maximum absolute atomic E-state index is 12.0. The molecule has 0 aliphatic heterocycles. The van der Waals surface area contributed by atoms with Crippen molar-refractivity contribution in [3.05, 3.63) is 40.2 Å². The van der Waals surface area contributed by atoms with E-state index in [0.29, 0.717) is 23.3 Å². The number of esters is 1. The van der Waals surface area contributed by atoms with Crippen molar-refractivity contribution in [3.63, 3.8) is 0 Å². The van der Waals surface area contributed by atoms with E-state index < -0.39 is 0 Å². The lowest BCUT2D eigenvalue weighted by Gasteiger charge is -2.14. The Labute approximate surface area is 116 Å². The number of ether oxygens (including phenoxy) is 2. The maximum atomic E-state index is 12.0. The number of rotatable bonds is 4. The summed E-state index contributed by atoms with van der Waals surface area (Å²) in [6.45, 7) is 4.02. The molecule has 0 N–H and O–H groups in total. The quantitative estimate of drug-likeness (QED) is 0.799. The molecule has 1 aromatic heterocycles. The third kappa shape index (κ3) is 2.66. The minimum atomic E-state index is -0.347. The third-order valence-corrected chi connectivity index (χ3v) is 3.00. The first-order chi connectivity index (χ1) is 9.56. The minimum absolute atomic E-state index is 0.0457. The van der Waals surface area contributed by atoms with Crippen LogP contribution in [0.3, 0.4) is 0 Å². The first-order valence-electron chi connectivity index (χ1n) is 6.40. The normalized spacial score (nSPS) is 10.6. The van der Waals surface area contributed by atoms with Crippen molar-refractivity contribution >= 4 is 16.9 Å². The van der Waals surface area contributed by atoms with E-state index in [1.807, 2.05) is 13.0 Å². The van der Waals surface area contributed by atoms with Crippen LogP contribution in [-0.2, 0) is 16.1 Å². The Balaban J connectivity index is 2.64. The van der Waals surface area contributed by atoms with E-state index in [-0.39, 0.29) is 17.9 Å². The highest BCUT2D eigenvalue weighted by Gasteiger charge is 2.12. The van der Waals surface area contributed by atoms with Crippen LogP contribution < -0.4 is 10.2 Å². The summed E-state index contributed by atoms with van der Waals surface area (Å²) in [6, 6.07) is 5.08. The van der Waals surface area contributed by atoms with Gasteiger partial charge in [-0.15, -0.1) is 0 Å². The molecule has 0 spiro atoms. The average molecular weight is 275 g/mol. The number of methoxy groups -OCH3 is 1. The molecule has 106 valence electrons. The lowest BCUT2D eigenvalue weighted by molar-refractivity contribution is -0.143. The summed E-state index contributed by atoms with van der Waals surface area (Å²) in [5.74, 6) is 0.224. The molecule has 5 heteroatoms. The number of pyridine rings is 1. The summed E-state index contributed by atoms with van der Waals surface area (Å²) in [5, 5.41) is 0.536. The van der Waals surface area contributed by atoms with Crippen LogP contribution in [0.1, 0.15) is 12.5 Å². The standard InChI is InChI=1S/C15H17NO4/c1-4-20-14(18)9-16-6-5-12(17)11-7-10(2)8-13(19-3)15(11)16/h5-8H,4,9H2,1-3H3. The van der Waals surface area contributed by atoms with Crippen LogP contribution >= 0.6 is 0 Å². The second kappa shape index (κ2) is 5.77. The lowest BCUT2D eigenvalue weighted by Crippen LogP contribution is -2.16. The van der Waals surface area contributed by atoms with E-state index in [1.54, 1.807) is 30.9 Å². The van der Waals surface area contributed by atoms with E-state index in [1.165, 1.54) is 6.07 Å². The number of hydrogen-bond donors (Lipinski definition) is 0. The fraction of sp³-hybridized carbons (Fsp3) is 0.333. The number of fused-ring (bicyclic) bond motifs is 1. The van der Waals surface area contributed by atoms with Gasteiger partial charge in [-0.2, -0.15) is 0 Å². The van der Waals surface area contributed by atoms with Crippen LogP contribution in [0.25, 0.3) is 10.9 Å². The van der Waals surface area contributed by atoms with Crippen molar-refractivity contribution in [1.29, 1.82) is 0 Å². The average Bonchev–Trinajstić information content (AvgIpc) is 2.41. The number of aromatic nitrogens is 1. The highest BCUT2D eigenvalue weighted by atomic mass is 16.5. The molecule has 0 saturated carbocycles. The predicted octanol–water partition coefficient (Wildman–Crippen LogP) is 1.88. The van der Waals surface area contributed by atoms with Crippen molar-refractivity contribution < 1.29 is 14.3 Å². The van der Waals surface area contributed by atoms with E-state index in [4.69, 9.17) is 9.47 Å². The van der Waals surface area contributed by atoms with Gasteiger partial charge >= 0.3 is 5.97 Å². The van der Waals surface area contributed by atoms with Gasteiger partial charge in [-0.05, 0) is 31.5 Å². The molecular formula is C15H17NO4. The number of carbonyl (C=O) groups is 1. The van der Waals surface area contributed by atoms with Crippen molar-refractivity contribution in [1.82, 2.24) is 4.57 Å². The minimum Gasteiger partial charge on any atom is -0.495 e. The molecule has 0 atom stereocenters. The molecule has 0 amide bonds. The van der Waals surface area contributed by atoms with Crippen molar-refractivity contribution in [2.24, 2.45) is 0 Å². The fourth-order valence-corrected chi connectivity index (χ4v) is 2.18. The zero-order chi connectivity index (χ0) is 14.7. The summed E-state index contributed by atoms with van der Waals surface area (Å²) in [6.07, 6.45) is 1.58. The highest BCUT2D eigenvalue weighted by molar-refractivity contribution is 5.86. The zero-order valence-electron chi connectivity index (χ0n) is 11.8. The number of benzene rings is 1. The van der Waals surface area contributed by atoms with E-state index >= 15 is 0 Å². The van der Waals surface area contributed by atoms with Gasteiger partial charge in [0.05, 0.1) is 19.2 Å². The predicted molar refractivity (Wildman–Crippen MR) is 76.1 cm³/mol. The van der Waals surface area contributed by atoms with Crippen molar-refractivity contribution in [3.8, 4) is 5.75 Å². The summed E-state index contributed by atoms with van der Waals surface area (Å²) < 4.78 is 12.0. The highest BCUT2D eigenvalue weighted by Crippen LogP contribution is 2.25. The second-order valence-corrected chi connectivity index (χ2v) is 4.48. The first kappa shape index (κ1) is 14.1. The molecule has 2 aromatic rings. The van der Waals surface area contributed by atoms with Gasteiger partial charge in [0.1, 0.15) is 12.3 Å². The van der Waals surface area contributed by atoms with E-state index in [2.05, 4.69) is 0 Å². The topological polar surface area (TPSA) is 57.5 Å². The van der Waals surface area contributed by atoms with Crippen LogP contribution in [-0.4, -0.2) is 24.3 Å². The molecule has 1 heterocycles. The summed E-state index contributed by atoms with van der Waals surface area (Å²) in [4.78, 5) is 23.6. The Morgan fingerprint density at radius 2 is 2.10 bits per heavy atom. The molecule has 0 aliphatic carbocycles. The monoisotopic (exact) mass is 275 g/mol. The number of carbonyl (C=O) groups excluding carboxylic acids is 1. The third-order valence-electron chi connectivity index (χ3n) is 3.00. The number of hydrogen-bond acceptors (Lipinski definition) is 4. The Bertz CT molecular complexity index is 703. The Hall–Kier alpha value is -2.30. The van der Waals surface area contributed by atoms with Crippen molar-refractivity contribution in [2.75, 3.05) is 13.7 Å². The van der Waals surface area contributed by atoms with Crippen LogP contribution in [0.5, 0.6) is 5.75 Å². The molecule has 0 radical (unpaired) electrons. The Morgan fingerprint density at radius 1 is 1.35 bits per heavy atom. The number of aryl methyl sites for hydroxylation is 1. The van der Waals surface area contributed by atoms with Crippen LogP contribution in [0.15, 0.2) is 29.2 Å². The van der Waals surface area contributed by atoms with Crippen molar-refractivity contribution in [2.45, 2.75) is 20.4 Å². The Morgan fingerprint density at radius 3 is 2.75 bits per heavy atom. The lowest BCUT2D eigenvalue weighted by atomic mass is 10.1. The molecule has 5 nitrogen and oxygen atoms in total. The smallest absolute Gasteiger partial charge is 0.325 e. The molecule has 0 unspecified atom stereocenters. The molecule has 0 saturated heterocycles. The summed E-state index contributed by atoms with van der Waals surface area (Å²) in [5.41, 5.74) is 1.45. The fourth-order valence-electron chi connectivity index (χ4n) is 2.18. The molecular weight excluding hydrogens is 258 g/mol. The van der Waals surface area contributed by atoms with Crippen LogP contribution in [0, 0.1) is 6.92 Å². The van der Waals surface area contributed by atoms with E-state index in [0.717, 1.165) is 5.56 Å². The van der Waals surface area contributed by atoms with Gasteiger partial charge in [-0.25, -0.2) is 0 Å². The molecule has 2 rings (SSSR count). The van der Waals surface area contributed by atoms with Crippen LogP contribution in [0.2, 0.25) is 0 Å². The van der Waals surface area contributed by atoms with Gasteiger partial charge in [0.25, 0.3) is 0 Å².